The number of Topliss-reactive ketones (excluding diaryl/α,β-unsaturated/α-hetero) is 1. The van der Waals surface area contributed by atoms with E-state index in [1.165, 1.54) is 0 Å². The number of carbonyl (C=O) groups excluding carboxylic acids is 1. The predicted molar refractivity (Wildman–Crippen MR) is 75.7 cm³/mol. The molecule has 1 saturated carbocycles. The minimum absolute atomic E-state index is 0.147. The fourth-order valence-corrected chi connectivity index (χ4v) is 3.15. The van der Waals surface area contributed by atoms with Gasteiger partial charge < -0.3 is 4.40 Å². The molecule has 1 aliphatic rings. The first-order valence-electron chi connectivity index (χ1n) is 6.80. The second-order valence-electron chi connectivity index (χ2n) is 5.58. The summed E-state index contributed by atoms with van der Waals surface area (Å²) in [7, 11) is 0. The van der Waals surface area contributed by atoms with Crippen molar-refractivity contribution in [1.29, 1.82) is 0 Å². The molecule has 3 rings (SSSR count). The molecule has 0 unspecified atom stereocenters. The number of pyridine rings is 1. The van der Waals surface area contributed by atoms with Gasteiger partial charge in [0.1, 0.15) is 0 Å². The van der Waals surface area contributed by atoms with Crippen molar-refractivity contribution in [3.8, 4) is 0 Å². The zero-order valence-corrected chi connectivity index (χ0v) is 11.7. The van der Waals surface area contributed by atoms with Crippen molar-refractivity contribution >= 4 is 22.9 Å². The van der Waals surface area contributed by atoms with Crippen LogP contribution < -0.4 is 0 Å². The molecule has 0 atom stereocenters. The lowest BCUT2D eigenvalue weighted by Crippen LogP contribution is -2.21. The monoisotopic (exact) mass is 276 g/mol. The van der Waals surface area contributed by atoms with Crippen LogP contribution in [0.2, 0.25) is 5.02 Å². The smallest absolute Gasteiger partial charge is 0.168 e. The van der Waals surface area contributed by atoms with E-state index in [2.05, 4.69) is 11.9 Å². The van der Waals surface area contributed by atoms with Crippen molar-refractivity contribution in [2.75, 3.05) is 0 Å². The highest BCUT2D eigenvalue weighted by atomic mass is 35.5. The van der Waals surface area contributed by atoms with Gasteiger partial charge in [-0.3, -0.25) is 4.79 Å². The number of hydrogen-bond donors (Lipinski definition) is 0. The quantitative estimate of drug-likeness (QED) is 0.777. The van der Waals surface area contributed by atoms with Crippen LogP contribution in [-0.2, 0) is 0 Å². The first-order chi connectivity index (χ1) is 9.15. The molecule has 4 heteroatoms. The third kappa shape index (κ3) is 2.39. The molecule has 2 heterocycles. The minimum atomic E-state index is 0.147. The van der Waals surface area contributed by atoms with E-state index < -0.39 is 0 Å². The van der Waals surface area contributed by atoms with E-state index in [9.17, 15) is 4.79 Å². The number of imidazole rings is 1. The molecule has 0 N–H and O–H groups in total. The Morgan fingerprint density at radius 1 is 1.37 bits per heavy atom. The molecule has 0 bridgehead atoms. The van der Waals surface area contributed by atoms with Crippen LogP contribution >= 0.6 is 11.6 Å². The number of nitrogens with zero attached hydrogens (tertiary/aromatic N) is 2. The highest BCUT2D eigenvalue weighted by Gasteiger charge is 2.26. The van der Waals surface area contributed by atoms with Crippen LogP contribution in [0.3, 0.4) is 0 Å². The molecule has 100 valence electrons. The van der Waals surface area contributed by atoms with Gasteiger partial charge in [-0.15, -0.1) is 0 Å². The van der Waals surface area contributed by atoms with E-state index in [0.717, 1.165) is 37.1 Å². The van der Waals surface area contributed by atoms with Gasteiger partial charge in [0.15, 0.2) is 5.78 Å². The zero-order valence-electron chi connectivity index (χ0n) is 11.0. The number of carbonyl (C=O) groups is 1. The molecule has 3 nitrogen and oxygen atoms in total. The fourth-order valence-electron chi connectivity index (χ4n) is 2.94. The molecule has 0 amide bonds. The molecule has 1 aliphatic carbocycles. The van der Waals surface area contributed by atoms with Gasteiger partial charge in [0.25, 0.3) is 0 Å². The maximum atomic E-state index is 12.7. The van der Waals surface area contributed by atoms with Crippen molar-refractivity contribution < 1.29 is 4.79 Å². The second-order valence-corrected chi connectivity index (χ2v) is 6.02. The molecule has 19 heavy (non-hydrogen) atoms. The highest BCUT2D eigenvalue weighted by Crippen LogP contribution is 2.32. The van der Waals surface area contributed by atoms with Crippen LogP contribution in [-0.4, -0.2) is 15.2 Å². The number of ketones is 1. The average Bonchev–Trinajstić information content (AvgIpc) is 2.85. The van der Waals surface area contributed by atoms with Gasteiger partial charge in [0.05, 0.1) is 23.1 Å². The van der Waals surface area contributed by atoms with E-state index in [0.29, 0.717) is 10.6 Å². The first-order valence-corrected chi connectivity index (χ1v) is 7.18. The second kappa shape index (κ2) is 4.97. The summed E-state index contributed by atoms with van der Waals surface area (Å²) < 4.78 is 1.82. The standard InChI is InChI=1S/C15H17ClN2O/c1-10-2-4-11(5-3-10)15(19)13-6-12(16)8-18-9-17-7-14(13)18/h6-11H,2-5H2,1H3. The van der Waals surface area contributed by atoms with Crippen LogP contribution in [0.5, 0.6) is 0 Å². The molecule has 1 fully saturated rings. The van der Waals surface area contributed by atoms with E-state index in [1.807, 2.05) is 4.40 Å². The summed E-state index contributed by atoms with van der Waals surface area (Å²) in [5.74, 6) is 1.12. The van der Waals surface area contributed by atoms with Crippen molar-refractivity contribution in [1.82, 2.24) is 9.38 Å². The van der Waals surface area contributed by atoms with Gasteiger partial charge in [-0.2, -0.15) is 0 Å². The largest absolute Gasteiger partial charge is 0.304 e. The Labute approximate surface area is 117 Å². The topological polar surface area (TPSA) is 34.4 Å². The van der Waals surface area contributed by atoms with E-state index in [-0.39, 0.29) is 11.7 Å². The van der Waals surface area contributed by atoms with Crippen molar-refractivity contribution in [3.63, 3.8) is 0 Å². The molecule has 0 spiro atoms. The third-order valence-electron chi connectivity index (χ3n) is 4.14. The van der Waals surface area contributed by atoms with Crippen molar-refractivity contribution in [2.24, 2.45) is 11.8 Å². The molecular formula is C15H17ClN2O. The molecule has 0 saturated heterocycles. The van der Waals surface area contributed by atoms with Gasteiger partial charge >= 0.3 is 0 Å². The number of fused-ring (bicyclic) bond motifs is 1. The Bertz CT molecular complexity index is 612. The third-order valence-corrected chi connectivity index (χ3v) is 4.35. The Balaban J connectivity index is 1.95. The van der Waals surface area contributed by atoms with Crippen LogP contribution in [0.15, 0.2) is 24.8 Å². The molecule has 2 aromatic heterocycles. The molecule has 0 aliphatic heterocycles. The Morgan fingerprint density at radius 2 is 2.11 bits per heavy atom. The SMILES string of the molecule is CC1CCC(C(=O)c2cc(Cl)cn3cncc23)CC1. The van der Waals surface area contributed by atoms with E-state index in [4.69, 9.17) is 11.6 Å². The summed E-state index contributed by atoms with van der Waals surface area (Å²) in [5.41, 5.74) is 1.57. The number of halogens is 1. The highest BCUT2D eigenvalue weighted by molar-refractivity contribution is 6.31. The number of hydrogen-bond acceptors (Lipinski definition) is 2. The fraction of sp³-hybridized carbons (Fsp3) is 0.467. The lowest BCUT2D eigenvalue weighted by atomic mass is 9.79. The van der Waals surface area contributed by atoms with Gasteiger partial charge in [-0.25, -0.2) is 4.98 Å². The molecular weight excluding hydrogens is 260 g/mol. The summed E-state index contributed by atoms with van der Waals surface area (Å²) in [5, 5.41) is 0.582. The summed E-state index contributed by atoms with van der Waals surface area (Å²) in [6, 6.07) is 1.78. The van der Waals surface area contributed by atoms with Crippen molar-refractivity contribution in [3.05, 3.63) is 35.4 Å². The lowest BCUT2D eigenvalue weighted by Gasteiger charge is -2.25. The predicted octanol–water partition coefficient (Wildman–Crippen LogP) is 4.00. The van der Waals surface area contributed by atoms with Crippen LogP contribution in [0, 0.1) is 11.8 Å². The summed E-state index contributed by atoms with van der Waals surface area (Å²) in [6.07, 6.45) is 9.47. The maximum absolute atomic E-state index is 12.7. The van der Waals surface area contributed by atoms with Crippen molar-refractivity contribution in [2.45, 2.75) is 32.6 Å². The van der Waals surface area contributed by atoms with Gasteiger partial charge in [0, 0.05) is 17.7 Å². The number of rotatable bonds is 2. The Kier molecular flexibility index (Phi) is 3.31. The van der Waals surface area contributed by atoms with Crippen LogP contribution in [0.1, 0.15) is 43.0 Å². The number of aromatic nitrogens is 2. The summed E-state index contributed by atoms with van der Waals surface area (Å²) >= 11 is 6.09. The average molecular weight is 277 g/mol. The van der Waals surface area contributed by atoms with E-state index in [1.54, 1.807) is 24.8 Å². The summed E-state index contributed by atoms with van der Waals surface area (Å²) in [4.78, 5) is 16.8. The van der Waals surface area contributed by atoms with E-state index >= 15 is 0 Å². The van der Waals surface area contributed by atoms with Gasteiger partial charge in [-0.1, -0.05) is 31.4 Å². The normalized spacial score (nSPS) is 23.7. The Hall–Kier alpha value is -1.35. The molecule has 0 radical (unpaired) electrons. The first kappa shape index (κ1) is 12.7. The van der Waals surface area contributed by atoms with Gasteiger partial charge in [0.2, 0.25) is 0 Å². The zero-order chi connectivity index (χ0) is 13.4. The van der Waals surface area contributed by atoms with Gasteiger partial charge in [-0.05, 0) is 24.8 Å². The summed E-state index contributed by atoms with van der Waals surface area (Å²) in [6.45, 7) is 2.26. The minimum Gasteiger partial charge on any atom is -0.304 e. The Morgan fingerprint density at radius 3 is 2.84 bits per heavy atom. The molecule has 0 aromatic carbocycles. The van der Waals surface area contributed by atoms with Crippen LogP contribution in [0.4, 0.5) is 0 Å². The maximum Gasteiger partial charge on any atom is 0.168 e. The molecule has 2 aromatic rings. The van der Waals surface area contributed by atoms with Crippen LogP contribution in [0.25, 0.3) is 5.52 Å². The lowest BCUT2D eigenvalue weighted by molar-refractivity contribution is 0.0877.